The van der Waals surface area contributed by atoms with Crippen molar-refractivity contribution in [2.75, 3.05) is 0 Å². The van der Waals surface area contributed by atoms with E-state index in [4.69, 9.17) is 0 Å². The molecule has 1 aromatic carbocycles. The summed E-state index contributed by atoms with van der Waals surface area (Å²) in [5, 5.41) is 10.7. The fourth-order valence-corrected chi connectivity index (χ4v) is 3.32. The van der Waals surface area contributed by atoms with Crippen LogP contribution in [0.1, 0.15) is 39.7 Å². The second-order valence-corrected chi connectivity index (χ2v) is 6.35. The van der Waals surface area contributed by atoms with Crippen LogP contribution < -0.4 is 10.6 Å². The van der Waals surface area contributed by atoms with Gasteiger partial charge in [0.25, 0.3) is 5.91 Å². The van der Waals surface area contributed by atoms with Crippen molar-refractivity contribution in [1.29, 1.82) is 0 Å². The van der Waals surface area contributed by atoms with Crippen LogP contribution in [-0.4, -0.2) is 20.7 Å². The van der Waals surface area contributed by atoms with Crippen molar-refractivity contribution in [3.8, 4) is 5.82 Å². The third kappa shape index (κ3) is 3.11. The third-order valence-corrected chi connectivity index (χ3v) is 4.67. The van der Waals surface area contributed by atoms with Gasteiger partial charge in [0.15, 0.2) is 5.82 Å². The van der Waals surface area contributed by atoms with Gasteiger partial charge in [0.1, 0.15) is 0 Å². The van der Waals surface area contributed by atoms with Crippen LogP contribution in [0.25, 0.3) is 5.82 Å². The van der Waals surface area contributed by atoms with Crippen molar-refractivity contribution in [3.05, 3.63) is 76.7 Å². The second kappa shape index (κ2) is 7.09. The Kier molecular flexibility index (Phi) is 4.50. The van der Waals surface area contributed by atoms with Crippen molar-refractivity contribution in [2.24, 2.45) is 0 Å². The van der Waals surface area contributed by atoms with Crippen molar-refractivity contribution in [3.63, 3.8) is 0 Å². The van der Waals surface area contributed by atoms with Gasteiger partial charge in [-0.3, -0.25) is 4.79 Å². The molecule has 3 aromatic rings. The largest absolute Gasteiger partial charge is 0.348 e. The summed E-state index contributed by atoms with van der Waals surface area (Å²) in [5.41, 5.74) is 5.22. The molecule has 0 aliphatic carbocycles. The molecule has 0 atom stereocenters. The number of aromatic nitrogens is 3. The molecule has 26 heavy (non-hydrogen) atoms. The number of carbonyl (C=O) groups is 1. The summed E-state index contributed by atoms with van der Waals surface area (Å²) < 4.78 is 1.73. The zero-order chi connectivity index (χ0) is 17.9. The maximum absolute atomic E-state index is 12.7. The number of fused-ring (bicyclic) bond motifs is 1. The van der Waals surface area contributed by atoms with E-state index in [1.54, 1.807) is 17.1 Å². The predicted octanol–water partition coefficient (Wildman–Crippen LogP) is 2.36. The number of carbonyl (C=O) groups excluding carboxylic acids is 1. The fraction of sp³-hybridized carbons (Fsp3) is 0.250. The molecule has 0 unspecified atom stereocenters. The van der Waals surface area contributed by atoms with Gasteiger partial charge in [-0.05, 0) is 35.2 Å². The maximum Gasteiger partial charge on any atom is 0.255 e. The van der Waals surface area contributed by atoms with Crippen molar-refractivity contribution >= 4 is 5.91 Å². The molecule has 0 fully saturated rings. The number of pyridine rings is 1. The summed E-state index contributed by atoms with van der Waals surface area (Å²) in [6, 6.07) is 12.0. The highest BCUT2D eigenvalue weighted by molar-refractivity contribution is 5.95. The first kappa shape index (κ1) is 16.5. The lowest BCUT2D eigenvalue weighted by atomic mass is 10.1. The first-order valence-electron chi connectivity index (χ1n) is 8.84. The van der Waals surface area contributed by atoms with E-state index in [0.717, 1.165) is 30.2 Å². The molecular formula is C20H21N5O. The lowest BCUT2D eigenvalue weighted by molar-refractivity contribution is 0.0950. The normalized spacial score (nSPS) is 12.8. The number of nitrogens with zero attached hydrogens (tertiary/aromatic N) is 3. The van der Waals surface area contributed by atoms with E-state index in [-0.39, 0.29) is 5.91 Å². The van der Waals surface area contributed by atoms with Crippen LogP contribution in [0.4, 0.5) is 0 Å². The van der Waals surface area contributed by atoms with Crippen LogP contribution in [0, 0.1) is 0 Å². The Morgan fingerprint density at radius 2 is 2.12 bits per heavy atom. The zero-order valence-corrected chi connectivity index (χ0v) is 14.7. The molecule has 4 rings (SSSR count). The standard InChI is InChI=1S/C20H21N5O/c1-2-18-17(13-24-25(18)19-5-3-4-8-22-19)20(26)23-10-14-6-7-15-11-21-12-16(15)9-14/h3-9,13,21H,2,10-12H2,1H3,(H,23,26). The first-order valence-corrected chi connectivity index (χ1v) is 8.84. The first-order chi connectivity index (χ1) is 12.8. The van der Waals surface area contributed by atoms with Crippen molar-refractivity contribution in [1.82, 2.24) is 25.4 Å². The average molecular weight is 347 g/mol. The Labute approximate surface area is 152 Å². The SMILES string of the molecule is CCc1c(C(=O)NCc2ccc3c(c2)CNC3)cnn1-c1ccccn1. The number of hydrogen-bond acceptors (Lipinski definition) is 4. The average Bonchev–Trinajstić information content (AvgIpc) is 3.32. The molecule has 0 saturated carbocycles. The highest BCUT2D eigenvalue weighted by atomic mass is 16.1. The van der Waals surface area contributed by atoms with Gasteiger partial charge in [-0.25, -0.2) is 9.67 Å². The van der Waals surface area contributed by atoms with E-state index in [1.807, 2.05) is 25.1 Å². The fourth-order valence-electron chi connectivity index (χ4n) is 3.32. The minimum Gasteiger partial charge on any atom is -0.348 e. The Morgan fingerprint density at radius 3 is 2.92 bits per heavy atom. The summed E-state index contributed by atoms with van der Waals surface area (Å²) in [6.07, 6.45) is 4.04. The molecule has 0 spiro atoms. The minimum absolute atomic E-state index is 0.109. The van der Waals surface area contributed by atoms with Crippen LogP contribution >= 0.6 is 0 Å². The van der Waals surface area contributed by atoms with E-state index < -0.39 is 0 Å². The minimum atomic E-state index is -0.109. The smallest absolute Gasteiger partial charge is 0.255 e. The Balaban J connectivity index is 1.51. The van der Waals surface area contributed by atoms with Crippen LogP contribution in [0.2, 0.25) is 0 Å². The van der Waals surface area contributed by atoms with Gasteiger partial charge in [-0.1, -0.05) is 31.2 Å². The third-order valence-electron chi connectivity index (χ3n) is 4.67. The quantitative estimate of drug-likeness (QED) is 0.743. The van der Waals surface area contributed by atoms with Crippen LogP contribution in [0.5, 0.6) is 0 Å². The van der Waals surface area contributed by atoms with Crippen molar-refractivity contribution in [2.45, 2.75) is 33.0 Å². The van der Waals surface area contributed by atoms with Gasteiger partial charge in [-0.15, -0.1) is 0 Å². The number of rotatable bonds is 5. The Bertz CT molecular complexity index is 933. The Hall–Kier alpha value is -2.99. The molecular weight excluding hydrogens is 326 g/mol. The zero-order valence-electron chi connectivity index (χ0n) is 14.7. The highest BCUT2D eigenvalue weighted by Crippen LogP contribution is 2.18. The van der Waals surface area contributed by atoms with E-state index >= 15 is 0 Å². The number of benzene rings is 1. The van der Waals surface area contributed by atoms with E-state index in [9.17, 15) is 4.79 Å². The molecule has 6 heteroatoms. The number of nitrogens with one attached hydrogen (secondary N) is 2. The summed E-state index contributed by atoms with van der Waals surface area (Å²) >= 11 is 0. The second-order valence-electron chi connectivity index (χ2n) is 6.35. The van der Waals surface area contributed by atoms with Gasteiger partial charge in [0.2, 0.25) is 0 Å². The van der Waals surface area contributed by atoms with Gasteiger partial charge in [0, 0.05) is 25.8 Å². The maximum atomic E-state index is 12.7. The lowest BCUT2D eigenvalue weighted by Crippen LogP contribution is -2.24. The summed E-state index contributed by atoms with van der Waals surface area (Å²) in [5.74, 6) is 0.608. The molecule has 132 valence electrons. The van der Waals surface area contributed by atoms with Crippen molar-refractivity contribution < 1.29 is 4.79 Å². The number of hydrogen-bond donors (Lipinski definition) is 2. The predicted molar refractivity (Wildman–Crippen MR) is 98.9 cm³/mol. The van der Waals surface area contributed by atoms with Crippen LogP contribution in [0.15, 0.2) is 48.8 Å². The number of amides is 1. The van der Waals surface area contributed by atoms with Gasteiger partial charge >= 0.3 is 0 Å². The molecule has 0 radical (unpaired) electrons. The summed E-state index contributed by atoms with van der Waals surface area (Å²) in [4.78, 5) is 17.0. The van der Waals surface area contributed by atoms with Gasteiger partial charge < -0.3 is 10.6 Å². The monoisotopic (exact) mass is 347 g/mol. The molecule has 1 aliphatic rings. The molecule has 1 amide bonds. The molecule has 1 aliphatic heterocycles. The molecule has 6 nitrogen and oxygen atoms in total. The molecule has 0 bridgehead atoms. The lowest BCUT2D eigenvalue weighted by Gasteiger charge is -2.09. The molecule has 0 saturated heterocycles. The van der Waals surface area contributed by atoms with Gasteiger partial charge in [-0.2, -0.15) is 5.10 Å². The molecule has 2 N–H and O–H groups in total. The molecule has 3 heterocycles. The molecule has 2 aromatic heterocycles. The van der Waals surface area contributed by atoms with Crippen LogP contribution in [-0.2, 0) is 26.1 Å². The van der Waals surface area contributed by atoms with Gasteiger partial charge in [0.05, 0.1) is 17.5 Å². The van der Waals surface area contributed by atoms with Crippen LogP contribution in [0.3, 0.4) is 0 Å². The summed E-state index contributed by atoms with van der Waals surface area (Å²) in [6.45, 7) is 4.34. The van der Waals surface area contributed by atoms with E-state index in [0.29, 0.717) is 18.5 Å². The Morgan fingerprint density at radius 1 is 1.23 bits per heavy atom. The highest BCUT2D eigenvalue weighted by Gasteiger charge is 2.18. The summed E-state index contributed by atoms with van der Waals surface area (Å²) in [7, 11) is 0. The topological polar surface area (TPSA) is 71.8 Å². The van der Waals surface area contributed by atoms with E-state index in [1.165, 1.54) is 11.1 Å². The van der Waals surface area contributed by atoms with E-state index in [2.05, 4.69) is 38.9 Å².